The summed E-state index contributed by atoms with van der Waals surface area (Å²) in [6.45, 7) is 0. The molecule has 0 spiro atoms. The fourth-order valence-corrected chi connectivity index (χ4v) is 4.86. The fourth-order valence-electron chi connectivity index (χ4n) is 3.46. The molecule has 1 unspecified atom stereocenters. The molecule has 6 N–H and O–H groups in total. The molecule has 1 atom stereocenters. The fraction of sp³-hybridized carbons (Fsp3) is 0.0370. The average molecular weight is 670 g/mol. The lowest BCUT2D eigenvalue weighted by Gasteiger charge is -2.19. The predicted molar refractivity (Wildman–Crippen MR) is 165 cm³/mol. The highest BCUT2D eigenvalue weighted by molar-refractivity contribution is 9.11. The molecule has 0 heterocycles. The van der Waals surface area contributed by atoms with Crippen LogP contribution in [0.25, 0.3) is 10.8 Å². The summed E-state index contributed by atoms with van der Waals surface area (Å²) in [4.78, 5) is 26.2. The van der Waals surface area contributed by atoms with Crippen LogP contribution in [0.5, 0.6) is 5.75 Å². The van der Waals surface area contributed by atoms with Gasteiger partial charge in [0, 0.05) is 11.4 Å². The minimum atomic E-state index is -1.37. The van der Waals surface area contributed by atoms with Crippen LogP contribution in [0.4, 0.5) is 11.4 Å². The van der Waals surface area contributed by atoms with Gasteiger partial charge >= 0.3 is 0 Å². The molecule has 4 rings (SSSR count). The van der Waals surface area contributed by atoms with Gasteiger partial charge in [0.05, 0.1) is 15.2 Å². The van der Waals surface area contributed by atoms with Crippen LogP contribution in [0, 0.1) is 0 Å². The first kappa shape index (κ1) is 28.0. The Morgan fingerprint density at radius 1 is 0.821 bits per heavy atom. The van der Waals surface area contributed by atoms with Crippen LogP contribution >= 0.6 is 44.1 Å². The van der Waals surface area contributed by atoms with E-state index in [1.54, 1.807) is 18.2 Å². The third-order valence-electron chi connectivity index (χ3n) is 5.34. The van der Waals surface area contributed by atoms with Crippen molar-refractivity contribution < 1.29 is 14.7 Å². The molecule has 0 radical (unpaired) electrons. The van der Waals surface area contributed by atoms with Gasteiger partial charge in [-0.3, -0.25) is 20.4 Å². The summed E-state index contributed by atoms with van der Waals surface area (Å²) in [6, 6.07) is 24.3. The number of anilines is 2. The van der Waals surface area contributed by atoms with Crippen LogP contribution in [0.15, 0.2) is 99.0 Å². The Kier molecular flexibility index (Phi) is 9.47. The van der Waals surface area contributed by atoms with E-state index in [0.717, 1.165) is 16.5 Å². The summed E-state index contributed by atoms with van der Waals surface area (Å²) in [5.74, 6) is -1.36. The molecule has 198 valence electrons. The number of nitrogens with zero attached hydrogens (tertiary/aromatic N) is 1. The van der Waals surface area contributed by atoms with Crippen molar-refractivity contribution in [2.24, 2.45) is 5.10 Å². The molecule has 0 aromatic heterocycles. The van der Waals surface area contributed by atoms with Crippen molar-refractivity contribution >= 4 is 89.4 Å². The molecular formula is C27H22Br2N6O3S. The van der Waals surface area contributed by atoms with Gasteiger partial charge in [-0.05, 0) is 96.8 Å². The van der Waals surface area contributed by atoms with Crippen LogP contribution < -0.4 is 26.9 Å². The van der Waals surface area contributed by atoms with Crippen molar-refractivity contribution in [1.29, 1.82) is 0 Å². The quantitative estimate of drug-likeness (QED) is 0.0706. The number of carbonyl (C=O) groups is 2. The van der Waals surface area contributed by atoms with Crippen LogP contribution in [-0.2, 0) is 9.59 Å². The van der Waals surface area contributed by atoms with Gasteiger partial charge in [0.1, 0.15) is 5.75 Å². The highest BCUT2D eigenvalue weighted by Gasteiger charge is 2.27. The van der Waals surface area contributed by atoms with Crippen molar-refractivity contribution in [3.05, 3.63) is 99.4 Å². The number of hydrogen-bond donors (Lipinski definition) is 6. The number of benzene rings is 4. The molecule has 4 aromatic rings. The van der Waals surface area contributed by atoms with Crippen molar-refractivity contribution in [3.8, 4) is 5.75 Å². The van der Waals surface area contributed by atoms with E-state index >= 15 is 0 Å². The van der Waals surface area contributed by atoms with Gasteiger partial charge in [-0.15, -0.1) is 0 Å². The van der Waals surface area contributed by atoms with Gasteiger partial charge in [-0.25, -0.2) is 5.43 Å². The number of halogens is 2. The second-order valence-electron chi connectivity index (χ2n) is 8.14. The van der Waals surface area contributed by atoms with E-state index in [4.69, 9.17) is 12.2 Å². The van der Waals surface area contributed by atoms with Crippen LogP contribution in [0.1, 0.15) is 5.56 Å². The lowest BCUT2D eigenvalue weighted by molar-refractivity contribution is -0.130. The smallest absolute Gasteiger partial charge is 0.272 e. The molecule has 2 amide bonds. The maximum atomic E-state index is 13.1. The van der Waals surface area contributed by atoms with Crippen LogP contribution in [0.2, 0.25) is 0 Å². The molecular weight excluding hydrogens is 648 g/mol. The number of phenols is 1. The summed E-state index contributed by atoms with van der Waals surface area (Å²) in [5.41, 5.74) is 9.34. The Labute approximate surface area is 246 Å². The zero-order valence-corrected chi connectivity index (χ0v) is 24.1. The number of nitrogens with one attached hydrogen (secondary N) is 5. The van der Waals surface area contributed by atoms with Gasteiger partial charge in [0.25, 0.3) is 11.8 Å². The van der Waals surface area contributed by atoms with E-state index in [-0.39, 0.29) is 10.9 Å². The number of thiocarbonyl (C=S) groups is 1. The third-order valence-corrected chi connectivity index (χ3v) is 6.76. The Bertz CT molecular complexity index is 1530. The van der Waals surface area contributed by atoms with Crippen molar-refractivity contribution in [1.82, 2.24) is 16.3 Å². The van der Waals surface area contributed by atoms with Crippen LogP contribution in [-0.4, -0.2) is 34.3 Å². The first-order valence-electron chi connectivity index (χ1n) is 11.5. The van der Waals surface area contributed by atoms with E-state index in [9.17, 15) is 14.7 Å². The van der Waals surface area contributed by atoms with Gasteiger partial charge in [0.15, 0.2) is 11.2 Å². The van der Waals surface area contributed by atoms with E-state index in [1.165, 1.54) is 6.21 Å². The minimum absolute atomic E-state index is 0.0414. The van der Waals surface area contributed by atoms with Crippen LogP contribution in [0.3, 0.4) is 0 Å². The highest BCUT2D eigenvalue weighted by Crippen LogP contribution is 2.32. The molecule has 0 aliphatic carbocycles. The third kappa shape index (κ3) is 7.76. The summed E-state index contributed by atoms with van der Waals surface area (Å²) in [5, 5.41) is 21.9. The lowest BCUT2D eigenvalue weighted by atomic mass is 10.1. The Morgan fingerprint density at radius 2 is 1.49 bits per heavy atom. The number of para-hydroxylation sites is 1. The summed E-state index contributed by atoms with van der Waals surface area (Å²) >= 11 is 11.7. The largest absolute Gasteiger partial charge is 0.506 e. The maximum Gasteiger partial charge on any atom is 0.272 e. The zero-order chi connectivity index (χ0) is 27.8. The monoisotopic (exact) mass is 668 g/mol. The Hall–Kier alpha value is -4.00. The standard InChI is InChI=1S/C27H22Br2N6O3S/c28-21-12-16(13-22(29)24(21)36)15-30-33-25(37)23(31-20-11-10-17-6-4-5-7-18(17)14-20)26(38)34-35-27(39)32-19-8-2-1-3-9-19/h1-15,23,31,36H,(H,33,37)(H,34,38)(H2,32,35,39)/b30-15+. The molecule has 0 fully saturated rings. The number of aromatic hydroxyl groups is 1. The number of hydrazine groups is 1. The number of fused-ring (bicyclic) bond motifs is 1. The lowest BCUT2D eigenvalue weighted by Crippen LogP contribution is -2.54. The van der Waals surface area contributed by atoms with E-state index < -0.39 is 17.9 Å². The molecule has 39 heavy (non-hydrogen) atoms. The molecule has 0 saturated heterocycles. The maximum absolute atomic E-state index is 13.1. The molecule has 0 aliphatic heterocycles. The first-order chi connectivity index (χ1) is 18.8. The van der Waals surface area contributed by atoms with Gasteiger partial charge < -0.3 is 15.7 Å². The minimum Gasteiger partial charge on any atom is -0.506 e. The highest BCUT2D eigenvalue weighted by atomic mass is 79.9. The van der Waals surface area contributed by atoms with Crippen molar-refractivity contribution in [3.63, 3.8) is 0 Å². The number of amides is 2. The number of rotatable bonds is 7. The van der Waals surface area contributed by atoms with Crippen molar-refractivity contribution in [2.75, 3.05) is 10.6 Å². The van der Waals surface area contributed by atoms with Crippen molar-refractivity contribution in [2.45, 2.75) is 6.04 Å². The second-order valence-corrected chi connectivity index (χ2v) is 10.3. The number of hydrogen-bond acceptors (Lipinski definition) is 6. The van der Waals surface area contributed by atoms with Gasteiger partial charge in [0.2, 0.25) is 0 Å². The summed E-state index contributed by atoms with van der Waals surface area (Å²) in [7, 11) is 0. The Morgan fingerprint density at radius 3 is 2.21 bits per heavy atom. The molecule has 0 bridgehead atoms. The Balaban J connectivity index is 1.47. The number of carbonyl (C=O) groups excluding carboxylic acids is 2. The van der Waals surface area contributed by atoms with Gasteiger partial charge in [-0.2, -0.15) is 5.10 Å². The first-order valence-corrected chi connectivity index (χ1v) is 13.5. The molecule has 0 saturated carbocycles. The van der Waals surface area contributed by atoms with E-state index in [1.807, 2.05) is 66.7 Å². The molecule has 12 heteroatoms. The topological polar surface area (TPSA) is 127 Å². The summed E-state index contributed by atoms with van der Waals surface area (Å²) in [6.07, 6.45) is 1.38. The average Bonchev–Trinajstić information content (AvgIpc) is 2.93. The second kappa shape index (κ2) is 13.2. The normalized spacial score (nSPS) is 11.5. The van der Waals surface area contributed by atoms with E-state index in [0.29, 0.717) is 20.2 Å². The molecule has 9 nitrogen and oxygen atoms in total. The number of phenolic OH excluding ortho intramolecular Hbond substituents is 1. The number of hydrazone groups is 1. The molecule has 4 aromatic carbocycles. The predicted octanol–water partition coefficient (Wildman–Crippen LogP) is 5.02. The zero-order valence-electron chi connectivity index (χ0n) is 20.1. The SMILES string of the molecule is O=C(N/N=C/c1cc(Br)c(O)c(Br)c1)C(Nc1ccc2ccccc2c1)C(=O)NNC(=S)Nc1ccccc1. The summed E-state index contributed by atoms with van der Waals surface area (Å²) < 4.78 is 0.900. The van der Waals surface area contributed by atoms with Gasteiger partial charge in [-0.1, -0.05) is 48.5 Å². The van der Waals surface area contributed by atoms with E-state index in [2.05, 4.69) is 63.9 Å². The molecule has 0 aliphatic rings.